The topological polar surface area (TPSA) is 78.4 Å². The van der Waals surface area contributed by atoms with Gasteiger partial charge in [-0.15, -0.1) is 0 Å². The molecular weight excluding hydrogens is 292 g/mol. The average molecular weight is 312 g/mol. The predicted molar refractivity (Wildman–Crippen MR) is 89.9 cm³/mol. The summed E-state index contributed by atoms with van der Waals surface area (Å²) in [7, 11) is 0. The van der Waals surface area contributed by atoms with Crippen molar-refractivity contribution >= 4 is 17.5 Å². The SMILES string of the molecule is CCCNC(=O)c1cccc(C(=O)Nc2ccc(C)c(O)c2)c1. The van der Waals surface area contributed by atoms with Crippen LogP contribution in [0.25, 0.3) is 0 Å². The van der Waals surface area contributed by atoms with Gasteiger partial charge in [0.15, 0.2) is 0 Å². The smallest absolute Gasteiger partial charge is 0.255 e. The molecule has 0 bridgehead atoms. The van der Waals surface area contributed by atoms with E-state index >= 15 is 0 Å². The summed E-state index contributed by atoms with van der Waals surface area (Å²) in [5.41, 5.74) is 2.06. The molecule has 120 valence electrons. The lowest BCUT2D eigenvalue weighted by Gasteiger charge is -2.08. The lowest BCUT2D eigenvalue weighted by molar-refractivity contribution is 0.0953. The van der Waals surface area contributed by atoms with Gasteiger partial charge in [-0.2, -0.15) is 0 Å². The van der Waals surface area contributed by atoms with Crippen LogP contribution in [0.15, 0.2) is 42.5 Å². The van der Waals surface area contributed by atoms with Gasteiger partial charge in [0.2, 0.25) is 0 Å². The molecule has 2 amide bonds. The molecule has 0 aliphatic carbocycles. The van der Waals surface area contributed by atoms with E-state index in [2.05, 4.69) is 10.6 Å². The highest BCUT2D eigenvalue weighted by Gasteiger charge is 2.11. The van der Waals surface area contributed by atoms with E-state index in [0.717, 1.165) is 12.0 Å². The number of hydrogen-bond donors (Lipinski definition) is 3. The third-order valence-corrected chi connectivity index (χ3v) is 3.39. The van der Waals surface area contributed by atoms with Crippen molar-refractivity contribution in [1.82, 2.24) is 5.32 Å². The molecule has 3 N–H and O–H groups in total. The van der Waals surface area contributed by atoms with Gasteiger partial charge in [0, 0.05) is 29.4 Å². The van der Waals surface area contributed by atoms with Crippen LogP contribution in [0, 0.1) is 6.92 Å². The molecule has 0 fully saturated rings. The molecule has 0 aromatic heterocycles. The van der Waals surface area contributed by atoms with Crippen LogP contribution in [0.4, 0.5) is 5.69 Å². The maximum Gasteiger partial charge on any atom is 0.255 e. The molecule has 5 nitrogen and oxygen atoms in total. The van der Waals surface area contributed by atoms with E-state index < -0.39 is 0 Å². The number of aryl methyl sites for hydroxylation is 1. The molecule has 5 heteroatoms. The Hall–Kier alpha value is -2.82. The molecular formula is C18H20N2O3. The van der Waals surface area contributed by atoms with Crippen molar-refractivity contribution in [1.29, 1.82) is 0 Å². The number of nitrogens with one attached hydrogen (secondary N) is 2. The number of rotatable bonds is 5. The highest BCUT2D eigenvalue weighted by molar-refractivity contribution is 6.06. The van der Waals surface area contributed by atoms with E-state index in [1.54, 1.807) is 43.3 Å². The predicted octanol–water partition coefficient (Wildman–Crippen LogP) is 3.09. The number of hydrogen-bond acceptors (Lipinski definition) is 3. The minimum Gasteiger partial charge on any atom is -0.508 e. The molecule has 0 heterocycles. The second kappa shape index (κ2) is 7.45. The first-order valence-corrected chi connectivity index (χ1v) is 7.50. The monoisotopic (exact) mass is 312 g/mol. The molecule has 0 unspecified atom stereocenters. The molecule has 2 rings (SSSR count). The largest absolute Gasteiger partial charge is 0.508 e. The summed E-state index contributed by atoms with van der Waals surface area (Å²) in [4.78, 5) is 24.2. The van der Waals surface area contributed by atoms with Crippen LogP contribution in [-0.2, 0) is 0 Å². The van der Waals surface area contributed by atoms with Crippen LogP contribution >= 0.6 is 0 Å². The number of carbonyl (C=O) groups excluding carboxylic acids is 2. The van der Waals surface area contributed by atoms with Gasteiger partial charge < -0.3 is 15.7 Å². The van der Waals surface area contributed by atoms with Gasteiger partial charge in [-0.3, -0.25) is 9.59 Å². The fourth-order valence-corrected chi connectivity index (χ4v) is 2.03. The molecule has 0 aliphatic heterocycles. The molecule has 0 spiro atoms. The Morgan fingerprint density at radius 3 is 2.39 bits per heavy atom. The average Bonchev–Trinajstić information content (AvgIpc) is 2.56. The summed E-state index contributed by atoms with van der Waals surface area (Å²) < 4.78 is 0. The second-order valence-electron chi connectivity index (χ2n) is 5.29. The summed E-state index contributed by atoms with van der Waals surface area (Å²) >= 11 is 0. The maximum atomic E-state index is 12.3. The van der Waals surface area contributed by atoms with Crippen LogP contribution in [0.3, 0.4) is 0 Å². The molecule has 0 radical (unpaired) electrons. The van der Waals surface area contributed by atoms with E-state index in [-0.39, 0.29) is 17.6 Å². The van der Waals surface area contributed by atoms with Crippen molar-refractivity contribution in [3.8, 4) is 5.75 Å². The van der Waals surface area contributed by atoms with E-state index in [4.69, 9.17) is 0 Å². The highest BCUT2D eigenvalue weighted by Crippen LogP contribution is 2.21. The van der Waals surface area contributed by atoms with Gasteiger partial charge in [-0.25, -0.2) is 0 Å². The van der Waals surface area contributed by atoms with Crippen molar-refractivity contribution in [3.63, 3.8) is 0 Å². The van der Waals surface area contributed by atoms with Crippen LogP contribution < -0.4 is 10.6 Å². The maximum absolute atomic E-state index is 12.3. The van der Waals surface area contributed by atoms with Crippen LogP contribution in [0.5, 0.6) is 5.75 Å². The van der Waals surface area contributed by atoms with E-state index in [1.807, 2.05) is 6.92 Å². The third kappa shape index (κ3) is 4.32. The zero-order valence-electron chi connectivity index (χ0n) is 13.2. The molecule has 23 heavy (non-hydrogen) atoms. The van der Waals surface area contributed by atoms with Crippen molar-refractivity contribution in [2.24, 2.45) is 0 Å². The molecule has 0 atom stereocenters. The first kappa shape index (κ1) is 16.5. The fourth-order valence-electron chi connectivity index (χ4n) is 2.03. The Morgan fingerprint density at radius 1 is 1.04 bits per heavy atom. The van der Waals surface area contributed by atoms with Crippen molar-refractivity contribution in [2.75, 3.05) is 11.9 Å². The van der Waals surface area contributed by atoms with Gasteiger partial charge in [0.05, 0.1) is 0 Å². The van der Waals surface area contributed by atoms with Crippen LogP contribution in [-0.4, -0.2) is 23.5 Å². The molecule has 2 aromatic rings. The second-order valence-corrected chi connectivity index (χ2v) is 5.29. The van der Waals surface area contributed by atoms with E-state index in [9.17, 15) is 14.7 Å². The number of phenols is 1. The summed E-state index contributed by atoms with van der Waals surface area (Å²) in [5, 5.41) is 15.2. The van der Waals surface area contributed by atoms with E-state index in [1.165, 1.54) is 6.07 Å². The normalized spacial score (nSPS) is 10.2. The van der Waals surface area contributed by atoms with Gasteiger partial charge >= 0.3 is 0 Å². The number of benzene rings is 2. The van der Waals surface area contributed by atoms with Crippen molar-refractivity contribution < 1.29 is 14.7 Å². The van der Waals surface area contributed by atoms with Crippen LogP contribution in [0.1, 0.15) is 39.6 Å². The minimum atomic E-state index is -0.335. The lowest BCUT2D eigenvalue weighted by atomic mass is 10.1. The number of anilines is 1. The van der Waals surface area contributed by atoms with Crippen molar-refractivity contribution in [2.45, 2.75) is 20.3 Å². The zero-order valence-corrected chi connectivity index (χ0v) is 13.2. The van der Waals surface area contributed by atoms with Gasteiger partial charge in [0.25, 0.3) is 11.8 Å². The fraction of sp³-hybridized carbons (Fsp3) is 0.222. The molecule has 0 saturated carbocycles. The summed E-state index contributed by atoms with van der Waals surface area (Å²) in [6.07, 6.45) is 0.850. The molecule has 0 aliphatic rings. The summed E-state index contributed by atoms with van der Waals surface area (Å²) in [6.45, 7) is 4.35. The van der Waals surface area contributed by atoms with Crippen molar-refractivity contribution in [3.05, 3.63) is 59.2 Å². The Kier molecular flexibility index (Phi) is 5.36. The molecule has 0 saturated heterocycles. The van der Waals surface area contributed by atoms with Gasteiger partial charge in [0.1, 0.15) is 5.75 Å². The standard InChI is InChI=1S/C18H20N2O3/c1-3-9-19-17(22)13-5-4-6-14(10-13)18(23)20-15-8-7-12(2)16(21)11-15/h4-8,10-11,21H,3,9H2,1-2H3,(H,19,22)(H,20,23). The Bertz CT molecular complexity index is 726. The zero-order chi connectivity index (χ0) is 16.8. The Labute approximate surface area is 135 Å². The Balaban J connectivity index is 2.13. The quantitative estimate of drug-likeness (QED) is 0.794. The number of aromatic hydroxyl groups is 1. The minimum absolute atomic E-state index is 0.121. The Morgan fingerprint density at radius 2 is 1.74 bits per heavy atom. The van der Waals surface area contributed by atoms with Gasteiger partial charge in [-0.05, 0) is 43.2 Å². The lowest BCUT2D eigenvalue weighted by Crippen LogP contribution is -2.24. The molecule has 2 aromatic carbocycles. The summed E-state index contributed by atoms with van der Waals surface area (Å²) in [6, 6.07) is 11.4. The van der Waals surface area contributed by atoms with E-state index in [0.29, 0.717) is 23.4 Å². The third-order valence-electron chi connectivity index (χ3n) is 3.39. The number of phenolic OH excluding ortho intramolecular Hbond substituents is 1. The first-order chi connectivity index (χ1) is 11.0. The first-order valence-electron chi connectivity index (χ1n) is 7.50. The summed E-state index contributed by atoms with van der Waals surface area (Å²) in [5.74, 6) is -0.414. The number of amides is 2. The van der Waals surface area contributed by atoms with Crippen LogP contribution in [0.2, 0.25) is 0 Å². The highest BCUT2D eigenvalue weighted by atomic mass is 16.3. The number of carbonyl (C=O) groups is 2. The van der Waals surface area contributed by atoms with Gasteiger partial charge in [-0.1, -0.05) is 19.1 Å².